The van der Waals surface area contributed by atoms with E-state index in [1.807, 2.05) is 0 Å². The Morgan fingerprint density at radius 3 is 2.36 bits per heavy atom. The van der Waals surface area contributed by atoms with Gasteiger partial charge in [0.15, 0.2) is 0 Å². The molecule has 22 heavy (non-hydrogen) atoms. The van der Waals surface area contributed by atoms with Crippen molar-refractivity contribution in [3.05, 3.63) is 28.2 Å². The second-order valence-electron chi connectivity index (χ2n) is 4.52. The van der Waals surface area contributed by atoms with E-state index in [1.54, 1.807) is 19.2 Å². The Balaban J connectivity index is 2.42. The molecule has 1 rings (SSSR count). The molecular formula is C13H15Cl2N3O4. The van der Waals surface area contributed by atoms with Crippen LogP contribution in [0.2, 0.25) is 10.0 Å². The van der Waals surface area contributed by atoms with Crippen LogP contribution in [0.3, 0.4) is 0 Å². The van der Waals surface area contributed by atoms with Crippen LogP contribution in [-0.4, -0.2) is 54.5 Å². The maximum absolute atomic E-state index is 11.8. The van der Waals surface area contributed by atoms with Crippen molar-refractivity contribution in [3.63, 3.8) is 0 Å². The molecule has 1 aromatic carbocycles. The average molecular weight is 348 g/mol. The summed E-state index contributed by atoms with van der Waals surface area (Å²) < 4.78 is 0. The van der Waals surface area contributed by atoms with Crippen LogP contribution in [-0.2, 0) is 14.4 Å². The van der Waals surface area contributed by atoms with Crippen molar-refractivity contribution in [2.75, 3.05) is 32.0 Å². The molecule has 0 radical (unpaired) electrons. The molecule has 0 fully saturated rings. The number of anilines is 1. The van der Waals surface area contributed by atoms with Gasteiger partial charge in [0.25, 0.3) is 0 Å². The van der Waals surface area contributed by atoms with E-state index in [1.165, 1.54) is 11.0 Å². The largest absolute Gasteiger partial charge is 0.480 e. The summed E-state index contributed by atoms with van der Waals surface area (Å²) in [6.07, 6.45) is 0. The van der Waals surface area contributed by atoms with Crippen LogP contribution in [0.5, 0.6) is 0 Å². The number of amides is 2. The maximum Gasteiger partial charge on any atom is 0.322 e. The van der Waals surface area contributed by atoms with Gasteiger partial charge in [-0.05, 0) is 25.2 Å². The van der Waals surface area contributed by atoms with E-state index in [0.29, 0.717) is 15.7 Å². The number of benzene rings is 1. The first-order chi connectivity index (χ1) is 10.3. The number of nitrogens with zero attached hydrogens (tertiary/aromatic N) is 1. The Kier molecular flexibility index (Phi) is 7.10. The van der Waals surface area contributed by atoms with E-state index in [4.69, 9.17) is 28.3 Å². The van der Waals surface area contributed by atoms with Crippen LogP contribution in [0.1, 0.15) is 0 Å². The fourth-order valence-corrected chi connectivity index (χ4v) is 1.85. The smallest absolute Gasteiger partial charge is 0.322 e. The summed E-state index contributed by atoms with van der Waals surface area (Å²) in [4.78, 5) is 35.0. The lowest BCUT2D eigenvalue weighted by atomic mass is 10.3. The second kappa shape index (κ2) is 8.57. The second-order valence-corrected chi connectivity index (χ2v) is 5.33. The zero-order valence-corrected chi connectivity index (χ0v) is 13.2. The van der Waals surface area contributed by atoms with Gasteiger partial charge >= 0.3 is 5.97 Å². The van der Waals surface area contributed by atoms with Crippen molar-refractivity contribution in [2.24, 2.45) is 0 Å². The Bertz CT molecular complexity index is 580. The lowest BCUT2D eigenvalue weighted by Gasteiger charge is -2.15. The van der Waals surface area contributed by atoms with Crippen molar-refractivity contribution in [1.29, 1.82) is 0 Å². The Labute approximate surface area is 137 Å². The van der Waals surface area contributed by atoms with Gasteiger partial charge in [-0.15, -0.1) is 0 Å². The van der Waals surface area contributed by atoms with Gasteiger partial charge in [0.05, 0.1) is 23.1 Å². The van der Waals surface area contributed by atoms with Crippen molar-refractivity contribution in [2.45, 2.75) is 0 Å². The van der Waals surface area contributed by atoms with Gasteiger partial charge in [-0.2, -0.15) is 0 Å². The van der Waals surface area contributed by atoms with Gasteiger partial charge in [-0.25, -0.2) is 0 Å². The minimum Gasteiger partial charge on any atom is -0.480 e. The highest BCUT2D eigenvalue weighted by Crippen LogP contribution is 2.24. The van der Waals surface area contributed by atoms with Crippen LogP contribution >= 0.6 is 23.2 Å². The zero-order valence-electron chi connectivity index (χ0n) is 11.7. The summed E-state index contributed by atoms with van der Waals surface area (Å²) in [6.45, 7) is -0.592. The monoisotopic (exact) mass is 347 g/mol. The molecule has 9 heteroatoms. The standard InChI is InChI=1S/C13H15Cl2N3O4/c1-18(6-11(19)16-5-13(21)22)7-12(20)17-8-2-3-9(14)10(15)4-8/h2-4H,5-7H2,1H3,(H,16,19)(H,17,20)(H,21,22). The van der Waals surface area contributed by atoms with E-state index in [9.17, 15) is 14.4 Å². The summed E-state index contributed by atoms with van der Waals surface area (Å²) in [6, 6.07) is 4.68. The Morgan fingerprint density at radius 2 is 1.77 bits per heavy atom. The maximum atomic E-state index is 11.8. The Hall–Kier alpha value is -1.83. The number of likely N-dealkylation sites (N-methyl/N-ethyl adjacent to an activating group) is 1. The molecule has 0 aliphatic rings. The highest BCUT2D eigenvalue weighted by Gasteiger charge is 2.12. The minimum atomic E-state index is -1.13. The molecule has 0 spiro atoms. The molecule has 0 bridgehead atoms. The molecule has 0 aliphatic carbocycles. The van der Waals surface area contributed by atoms with E-state index in [0.717, 1.165) is 0 Å². The molecule has 0 atom stereocenters. The third-order valence-corrected chi connectivity index (χ3v) is 3.21. The third kappa shape index (κ3) is 6.75. The first-order valence-corrected chi connectivity index (χ1v) is 6.95. The fourth-order valence-electron chi connectivity index (χ4n) is 1.55. The highest BCUT2D eigenvalue weighted by atomic mass is 35.5. The van der Waals surface area contributed by atoms with Gasteiger partial charge in [-0.1, -0.05) is 23.2 Å². The number of halogens is 2. The number of carbonyl (C=O) groups is 3. The number of rotatable bonds is 7. The molecule has 2 amide bonds. The Morgan fingerprint density at radius 1 is 1.14 bits per heavy atom. The molecule has 0 saturated carbocycles. The fraction of sp³-hybridized carbons (Fsp3) is 0.308. The van der Waals surface area contributed by atoms with Crippen LogP contribution in [0.4, 0.5) is 5.69 Å². The number of carboxylic acid groups (broad SMARTS) is 1. The normalized spacial score (nSPS) is 10.4. The van der Waals surface area contributed by atoms with E-state index >= 15 is 0 Å². The molecule has 120 valence electrons. The minimum absolute atomic E-state index is 0.0409. The summed E-state index contributed by atoms with van der Waals surface area (Å²) in [7, 11) is 1.56. The van der Waals surface area contributed by atoms with Gasteiger partial charge in [0.1, 0.15) is 6.54 Å². The molecule has 3 N–H and O–H groups in total. The van der Waals surface area contributed by atoms with Crippen LogP contribution in [0.25, 0.3) is 0 Å². The number of aliphatic carboxylic acids is 1. The van der Waals surface area contributed by atoms with Crippen LogP contribution < -0.4 is 10.6 Å². The van der Waals surface area contributed by atoms with Gasteiger partial charge < -0.3 is 15.7 Å². The van der Waals surface area contributed by atoms with Crippen molar-refractivity contribution >= 4 is 46.7 Å². The predicted molar refractivity (Wildman–Crippen MR) is 83.2 cm³/mol. The van der Waals surface area contributed by atoms with E-state index < -0.39 is 18.4 Å². The van der Waals surface area contributed by atoms with Gasteiger partial charge in [0.2, 0.25) is 11.8 Å². The zero-order chi connectivity index (χ0) is 16.7. The predicted octanol–water partition coefficient (Wildman–Crippen LogP) is 1.06. The highest BCUT2D eigenvalue weighted by molar-refractivity contribution is 6.42. The molecule has 1 aromatic rings. The summed E-state index contributed by atoms with van der Waals surface area (Å²) >= 11 is 11.6. The topological polar surface area (TPSA) is 98.7 Å². The van der Waals surface area contributed by atoms with Crippen molar-refractivity contribution in [3.8, 4) is 0 Å². The molecule has 0 aromatic heterocycles. The number of carbonyl (C=O) groups excluding carboxylic acids is 2. The third-order valence-electron chi connectivity index (χ3n) is 2.47. The lowest BCUT2D eigenvalue weighted by molar-refractivity contribution is -0.138. The lowest BCUT2D eigenvalue weighted by Crippen LogP contribution is -2.40. The summed E-state index contributed by atoms with van der Waals surface area (Å²) in [5.41, 5.74) is 0.489. The molecule has 0 aliphatic heterocycles. The quantitative estimate of drug-likeness (QED) is 0.685. The summed E-state index contributed by atoms with van der Waals surface area (Å²) in [5, 5.41) is 14.0. The first kappa shape index (κ1) is 18.2. The van der Waals surface area contributed by atoms with Crippen LogP contribution in [0.15, 0.2) is 18.2 Å². The van der Waals surface area contributed by atoms with Crippen molar-refractivity contribution < 1.29 is 19.5 Å². The van der Waals surface area contributed by atoms with Crippen LogP contribution in [0, 0.1) is 0 Å². The first-order valence-electron chi connectivity index (χ1n) is 6.20. The average Bonchev–Trinajstić information content (AvgIpc) is 2.40. The SMILES string of the molecule is CN(CC(=O)NCC(=O)O)CC(=O)Nc1ccc(Cl)c(Cl)c1. The molecular weight excluding hydrogens is 333 g/mol. The molecule has 0 unspecified atom stereocenters. The molecule has 0 heterocycles. The number of hydrogen-bond donors (Lipinski definition) is 3. The van der Waals surface area contributed by atoms with Gasteiger partial charge in [0, 0.05) is 5.69 Å². The van der Waals surface area contributed by atoms with Crippen molar-refractivity contribution in [1.82, 2.24) is 10.2 Å². The number of hydrogen-bond acceptors (Lipinski definition) is 4. The number of nitrogens with one attached hydrogen (secondary N) is 2. The van der Waals surface area contributed by atoms with E-state index in [-0.39, 0.29) is 19.0 Å². The molecule has 0 saturated heterocycles. The summed E-state index contributed by atoms with van der Waals surface area (Å²) in [5.74, 6) is -1.95. The molecule has 7 nitrogen and oxygen atoms in total. The number of carboxylic acids is 1. The van der Waals surface area contributed by atoms with Gasteiger partial charge in [-0.3, -0.25) is 19.3 Å². The van der Waals surface area contributed by atoms with E-state index in [2.05, 4.69) is 10.6 Å².